The van der Waals surface area contributed by atoms with Crippen LogP contribution >= 0.6 is 11.3 Å². The molecule has 0 amide bonds. The van der Waals surface area contributed by atoms with Gasteiger partial charge in [-0.2, -0.15) is 11.3 Å². The molecule has 1 atom stereocenters. The predicted molar refractivity (Wildman–Crippen MR) is 193 cm³/mol. The standard InChI is InChI=1S/C25H15N2S.C17H14N.Ir/c1-4-14-10-11-15-5-2-8-18-22(15)21(14)17(7-1)23-19-9-3-6-16(20-12-26-13-27-20)24(19)28-25(18)23;1-12-7-8-15(11-13(12)2)17-16-6-4-3-5-14(16)9-10-18-17;/h1-3,5,7-11,13,22H,4,12H2;3-7,9-11H,1-2H3;/q2*-1;. The van der Waals surface area contributed by atoms with Crippen LogP contribution in [0.25, 0.3) is 43.3 Å². The van der Waals surface area contributed by atoms with Gasteiger partial charge in [-0.3, -0.25) is 9.98 Å². The van der Waals surface area contributed by atoms with Crippen molar-refractivity contribution >= 4 is 55.4 Å². The molecule has 4 aliphatic carbocycles. The fourth-order valence-corrected chi connectivity index (χ4v) is 8.61. The van der Waals surface area contributed by atoms with Crippen LogP contribution in [0.15, 0.2) is 130 Å². The molecule has 1 unspecified atom stereocenters. The normalized spacial score (nSPS) is 18.0. The number of thiophene rings is 1. The Labute approximate surface area is 292 Å². The molecule has 5 aliphatic rings. The van der Waals surface area contributed by atoms with Gasteiger partial charge in [-0.1, -0.05) is 86.0 Å². The Morgan fingerprint density at radius 2 is 1.85 bits per heavy atom. The number of hydrogen-bond donors (Lipinski definition) is 0. The van der Waals surface area contributed by atoms with Crippen molar-refractivity contribution < 1.29 is 20.1 Å². The summed E-state index contributed by atoms with van der Waals surface area (Å²) in [6, 6.07) is 25.6. The summed E-state index contributed by atoms with van der Waals surface area (Å²) in [7, 11) is 0. The Morgan fingerprint density at radius 1 is 0.936 bits per heavy atom. The molecular weight excluding hydrogens is 771 g/mol. The Morgan fingerprint density at radius 3 is 2.72 bits per heavy atom. The van der Waals surface area contributed by atoms with Gasteiger partial charge in [0.05, 0.1) is 6.34 Å². The fourth-order valence-electron chi connectivity index (χ4n) is 7.22. The molecule has 3 aromatic carbocycles. The Kier molecular flexibility index (Phi) is 7.57. The largest absolute Gasteiger partial charge is 0.304 e. The minimum atomic E-state index is 0. The first-order valence-corrected chi connectivity index (χ1v) is 16.5. The SMILES string of the molecule is Cc1c[c-]c(-c2nccc3ccccc23)cc1C.[Ir].[c-]1ccc2c3c(sc2c1C1=NC=NC1)C1=CC=CC2=CC=C4CC=CC3=C4C21. The topological polar surface area (TPSA) is 37.6 Å². The maximum absolute atomic E-state index is 4.52. The number of fused-ring (bicyclic) bond motifs is 6. The molecule has 47 heavy (non-hydrogen) atoms. The third-order valence-electron chi connectivity index (χ3n) is 9.59. The van der Waals surface area contributed by atoms with Gasteiger partial charge in [0, 0.05) is 43.6 Å². The molecule has 5 heteroatoms. The van der Waals surface area contributed by atoms with Crippen LogP contribution in [-0.2, 0) is 20.1 Å². The van der Waals surface area contributed by atoms with E-state index in [1.54, 1.807) is 6.34 Å². The average Bonchev–Trinajstić information content (AvgIpc) is 3.78. The summed E-state index contributed by atoms with van der Waals surface area (Å²) in [6.07, 6.45) is 20.7. The number of aromatic nitrogens is 1. The smallest absolute Gasteiger partial charge is 0.0987 e. The number of rotatable bonds is 2. The quantitative estimate of drug-likeness (QED) is 0.164. The second-order valence-electron chi connectivity index (χ2n) is 12.2. The Balaban J connectivity index is 0.000000149. The zero-order chi connectivity index (χ0) is 30.8. The maximum atomic E-state index is 4.52. The van der Waals surface area contributed by atoms with Gasteiger partial charge in [-0.25, -0.2) is 0 Å². The van der Waals surface area contributed by atoms with E-state index in [9.17, 15) is 0 Å². The minimum Gasteiger partial charge on any atom is -0.304 e. The number of allylic oxidation sites excluding steroid dienone is 12. The summed E-state index contributed by atoms with van der Waals surface area (Å²) < 4.78 is 1.29. The van der Waals surface area contributed by atoms with Crippen LogP contribution in [0.1, 0.15) is 33.6 Å². The van der Waals surface area contributed by atoms with Crippen LogP contribution < -0.4 is 0 Å². The minimum absolute atomic E-state index is 0. The number of aliphatic imine (C=N–C) groups is 2. The number of hydrogen-bond acceptors (Lipinski definition) is 4. The molecule has 1 radical (unpaired) electrons. The molecule has 5 aromatic rings. The molecule has 0 bridgehead atoms. The van der Waals surface area contributed by atoms with Gasteiger partial charge in [0.25, 0.3) is 0 Å². The second kappa shape index (κ2) is 11.9. The van der Waals surface area contributed by atoms with E-state index in [1.807, 2.05) is 35.7 Å². The van der Waals surface area contributed by atoms with Crippen LogP contribution in [0.2, 0.25) is 0 Å². The molecule has 3 heterocycles. The van der Waals surface area contributed by atoms with E-state index >= 15 is 0 Å². The predicted octanol–water partition coefficient (Wildman–Crippen LogP) is 10.0. The molecule has 1 aliphatic heterocycles. The summed E-state index contributed by atoms with van der Waals surface area (Å²) in [6.45, 7) is 4.88. The third kappa shape index (κ3) is 4.84. The molecular formula is C42H29IrN3S-2. The average molecular weight is 800 g/mol. The number of nitrogens with zero attached hydrogens (tertiary/aromatic N) is 3. The van der Waals surface area contributed by atoms with Gasteiger partial charge in [0.15, 0.2) is 0 Å². The van der Waals surface area contributed by atoms with Crippen molar-refractivity contribution in [3.8, 4) is 11.3 Å². The fraction of sp³-hybridized carbons (Fsp3) is 0.119. The molecule has 229 valence electrons. The summed E-state index contributed by atoms with van der Waals surface area (Å²) >= 11 is 1.90. The Hall–Kier alpha value is -4.54. The van der Waals surface area contributed by atoms with Crippen molar-refractivity contribution in [3.05, 3.63) is 159 Å². The van der Waals surface area contributed by atoms with E-state index in [0.717, 1.165) is 29.0 Å². The van der Waals surface area contributed by atoms with E-state index in [-0.39, 0.29) is 20.1 Å². The van der Waals surface area contributed by atoms with Gasteiger partial charge < -0.3 is 4.98 Å². The van der Waals surface area contributed by atoms with Crippen molar-refractivity contribution in [3.63, 3.8) is 0 Å². The van der Waals surface area contributed by atoms with Gasteiger partial charge in [0.1, 0.15) is 0 Å². The zero-order valence-corrected chi connectivity index (χ0v) is 29.2. The van der Waals surface area contributed by atoms with Crippen molar-refractivity contribution in [1.29, 1.82) is 0 Å². The van der Waals surface area contributed by atoms with E-state index in [4.69, 9.17) is 0 Å². The molecule has 0 spiro atoms. The van der Waals surface area contributed by atoms with Crippen LogP contribution in [0.5, 0.6) is 0 Å². The molecule has 2 aromatic heterocycles. The van der Waals surface area contributed by atoms with Crippen LogP contribution in [-0.4, -0.2) is 23.6 Å². The van der Waals surface area contributed by atoms with Crippen LogP contribution in [0.3, 0.4) is 0 Å². The number of aryl methyl sites for hydroxylation is 2. The van der Waals surface area contributed by atoms with Gasteiger partial charge in [-0.15, -0.1) is 58.7 Å². The molecule has 0 saturated heterocycles. The van der Waals surface area contributed by atoms with Crippen LogP contribution in [0, 0.1) is 31.9 Å². The molecule has 10 rings (SSSR count). The van der Waals surface area contributed by atoms with E-state index in [0.29, 0.717) is 12.5 Å². The zero-order valence-electron chi connectivity index (χ0n) is 26.0. The van der Waals surface area contributed by atoms with Crippen LogP contribution in [0.4, 0.5) is 0 Å². The van der Waals surface area contributed by atoms with Gasteiger partial charge >= 0.3 is 0 Å². The molecule has 3 nitrogen and oxygen atoms in total. The monoisotopic (exact) mass is 800 g/mol. The summed E-state index contributed by atoms with van der Waals surface area (Å²) in [4.78, 5) is 14.7. The van der Waals surface area contributed by atoms with E-state index in [2.05, 4.69) is 120 Å². The van der Waals surface area contributed by atoms with Crippen molar-refractivity contribution in [2.24, 2.45) is 15.9 Å². The third-order valence-corrected chi connectivity index (χ3v) is 10.9. The molecule has 0 saturated carbocycles. The van der Waals surface area contributed by atoms with Gasteiger partial charge in [0.2, 0.25) is 0 Å². The summed E-state index contributed by atoms with van der Waals surface area (Å²) in [5, 5.41) is 3.72. The first kappa shape index (κ1) is 29.8. The summed E-state index contributed by atoms with van der Waals surface area (Å²) in [5.41, 5.74) is 15.4. The first-order chi connectivity index (χ1) is 22.7. The van der Waals surface area contributed by atoms with E-state index < -0.39 is 0 Å². The molecule has 0 fully saturated rings. The second-order valence-corrected chi connectivity index (χ2v) is 13.3. The first-order valence-electron chi connectivity index (χ1n) is 15.7. The summed E-state index contributed by atoms with van der Waals surface area (Å²) in [5.74, 6) is 0.380. The Bertz CT molecular complexity index is 2390. The number of pyridine rings is 1. The maximum Gasteiger partial charge on any atom is 0.0987 e. The van der Waals surface area contributed by atoms with Gasteiger partial charge in [-0.05, 0) is 72.8 Å². The number of benzene rings is 3. The van der Waals surface area contributed by atoms with E-state index in [1.165, 1.54) is 70.3 Å². The van der Waals surface area contributed by atoms with Crippen molar-refractivity contribution in [2.45, 2.75) is 20.3 Å². The van der Waals surface area contributed by atoms with Crippen molar-refractivity contribution in [2.75, 3.05) is 6.54 Å². The van der Waals surface area contributed by atoms with Crippen molar-refractivity contribution in [1.82, 2.24) is 4.98 Å². The molecule has 0 N–H and O–H groups in total.